The van der Waals surface area contributed by atoms with E-state index < -0.39 is 0 Å². The number of esters is 1. The summed E-state index contributed by atoms with van der Waals surface area (Å²) in [5, 5.41) is 2.97. The van der Waals surface area contributed by atoms with Gasteiger partial charge in [-0.05, 0) is 13.8 Å². The Morgan fingerprint density at radius 3 is 3.07 bits per heavy atom. The molecular formula is C9H15N3O2. The van der Waals surface area contributed by atoms with Crippen molar-refractivity contribution in [2.24, 2.45) is 0 Å². The highest BCUT2D eigenvalue weighted by molar-refractivity contribution is 5.77. The number of carbonyl (C=O) groups is 1. The van der Waals surface area contributed by atoms with Crippen LogP contribution < -0.4 is 5.32 Å². The minimum Gasteiger partial charge on any atom is -0.467 e. The van der Waals surface area contributed by atoms with Crippen molar-refractivity contribution < 1.29 is 9.53 Å². The van der Waals surface area contributed by atoms with Gasteiger partial charge in [-0.25, -0.2) is 9.78 Å². The standard InChI is InChI=1S/C9H15N3O2/c1-4-12-6-5-10-9(12)11-7(2)8(13)14-3/h5-7H,4H2,1-3H3,(H,10,11). The summed E-state index contributed by atoms with van der Waals surface area (Å²) in [5.74, 6) is 0.390. The average Bonchev–Trinajstić information content (AvgIpc) is 2.63. The number of aromatic nitrogens is 2. The zero-order valence-corrected chi connectivity index (χ0v) is 8.65. The van der Waals surface area contributed by atoms with Gasteiger partial charge in [-0.3, -0.25) is 0 Å². The third kappa shape index (κ3) is 2.25. The van der Waals surface area contributed by atoms with E-state index in [1.807, 2.05) is 17.7 Å². The van der Waals surface area contributed by atoms with Gasteiger partial charge in [0.2, 0.25) is 5.95 Å². The fraction of sp³-hybridized carbons (Fsp3) is 0.556. The maximum atomic E-state index is 11.1. The number of imidazole rings is 1. The second-order valence-electron chi connectivity index (χ2n) is 2.93. The summed E-state index contributed by atoms with van der Waals surface area (Å²) in [5.41, 5.74) is 0. The minimum absolute atomic E-state index is 0.296. The molecule has 0 aromatic carbocycles. The van der Waals surface area contributed by atoms with Crippen LogP contribution in [-0.4, -0.2) is 28.7 Å². The fourth-order valence-electron chi connectivity index (χ4n) is 1.13. The Hall–Kier alpha value is -1.52. The molecule has 0 aliphatic rings. The number of hydrogen-bond donors (Lipinski definition) is 1. The molecule has 0 radical (unpaired) electrons. The third-order valence-corrected chi connectivity index (χ3v) is 1.96. The lowest BCUT2D eigenvalue weighted by atomic mass is 10.3. The van der Waals surface area contributed by atoms with Gasteiger partial charge < -0.3 is 14.6 Å². The van der Waals surface area contributed by atoms with E-state index in [1.165, 1.54) is 7.11 Å². The van der Waals surface area contributed by atoms with E-state index >= 15 is 0 Å². The van der Waals surface area contributed by atoms with E-state index in [1.54, 1.807) is 13.1 Å². The SMILES string of the molecule is CCn1ccnc1NC(C)C(=O)OC. The Kier molecular flexibility index (Phi) is 3.50. The predicted octanol–water partition coefficient (Wildman–Crippen LogP) is 0.876. The maximum absolute atomic E-state index is 11.1. The lowest BCUT2D eigenvalue weighted by Gasteiger charge is -2.12. The second kappa shape index (κ2) is 4.64. The van der Waals surface area contributed by atoms with Crippen LogP contribution in [0.25, 0.3) is 0 Å². The summed E-state index contributed by atoms with van der Waals surface area (Å²) in [7, 11) is 1.37. The van der Waals surface area contributed by atoms with Crippen molar-refractivity contribution in [1.29, 1.82) is 0 Å². The number of aryl methyl sites for hydroxylation is 1. The fourth-order valence-corrected chi connectivity index (χ4v) is 1.13. The number of hydrogen-bond acceptors (Lipinski definition) is 4. The molecule has 1 aromatic heterocycles. The first kappa shape index (κ1) is 10.6. The summed E-state index contributed by atoms with van der Waals surface area (Å²) >= 11 is 0. The van der Waals surface area contributed by atoms with Gasteiger partial charge in [0.15, 0.2) is 0 Å². The molecule has 5 nitrogen and oxygen atoms in total. The molecular weight excluding hydrogens is 182 g/mol. The van der Waals surface area contributed by atoms with E-state index in [0.29, 0.717) is 5.95 Å². The largest absolute Gasteiger partial charge is 0.467 e. The Labute approximate surface area is 83.1 Å². The first-order chi connectivity index (χ1) is 6.69. The number of methoxy groups -OCH3 is 1. The normalized spacial score (nSPS) is 12.2. The molecule has 78 valence electrons. The number of ether oxygens (including phenoxy) is 1. The lowest BCUT2D eigenvalue weighted by molar-refractivity contribution is -0.141. The van der Waals surface area contributed by atoms with Gasteiger partial charge >= 0.3 is 5.97 Å². The van der Waals surface area contributed by atoms with Gasteiger partial charge in [-0.1, -0.05) is 0 Å². The van der Waals surface area contributed by atoms with E-state index in [2.05, 4.69) is 15.0 Å². The third-order valence-electron chi connectivity index (χ3n) is 1.96. The molecule has 1 atom stereocenters. The van der Waals surface area contributed by atoms with Crippen molar-refractivity contribution in [2.75, 3.05) is 12.4 Å². The highest BCUT2D eigenvalue weighted by Gasteiger charge is 2.14. The summed E-state index contributed by atoms with van der Waals surface area (Å²) in [6.07, 6.45) is 3.54. The molecule has 0 aliphatic carbocycles. The molecule has 1 N–H and O–H groups in total. The molecule has 1 heterocycles. The predicted molar refractivity (Wildman–Crippen MR) is 53.0 cm³/mol. The zero-order chi connectivity index (χ0) is 10.6. The summed E-state index contributed by atoms with van der Waals surface area (Å²) in [4.78, 5) is 15.2. The quantitative estimate of drug-likeness (QED) is 0.728. The second-order valence-corrected chi connectivity index (χ2v) is 2.93. The van der Waals surface area contributed by atoms with Crippen LogP contribution >= 0.6 is 0 Å². The van der Waals surface area contributed by atoms with Crippen molar-refractivity contribution in [1.82, 2.24) is 9.55 Å². The topological polar surface area (TPSA) is 56.2 Å². The van der Waals surface area contributed by atoms with E-state index in [-0.39, 0.29) is 12.0 Å². The van der Waals surface area contributed by atoms with Crippen molar-refractivity contribution >= 4 is 11.9 Å². The van der Waals surface area contributed by atoms with Gasteiger partial charge in [0, 0.05) is 18.9 Å². The van der Waals surface area contributed by atoms with Crippen LogP contribution in [0.4, 0.5) is 5.95 Å². The zero-order valence-electron chi connectivity index (χ0n) is 8.65. The van der Waals surface area contributed by atoms with Crippen LogP contribution in [0.3, 0.4) is 0 Å². The molecule has 14 heavy (non-hydrogen) atoms. The lowest BCUT2D eigenvalue weighted by Crippen LogP contribution is -2.28. The molecule has 0 amide bonds. The van der Waals surface area contributed by atoms with Gasteiger partial charge in [0.05, 0.1) is 7.11 Å². The number of rotatable bonds is 4. The monoisotopic (exact) mass is 197 g/mol. The first-order valence-electron chi connectivity index (χ1n) is 4.54. The Balaban J connectivity index is 2.64. The Bertz CT molecular complexity index is 309. The molecule has 1 unspecified atom stereocenters. The van der Waals surface area contributed by atoms with Crippen LogP contribution in [0.5, 0.6) is 0 Å². The number of nitrogens with one attached hydrogen (secondary N) is 1. The number of carbonyl (C=O) groups excluding carboxylic acids is 1. The molecule has 0 saturated carbocycles. The molecule has 0 bridgehead atoms. The van der Waals surface area contributed by atoms with Crippen molar-refractivity contribution in [3.05, 3.63) is 12.4 Å². The van der Waals surface area contributed by atoms with Crippen LogP contribution in [0.1, 0.15) is 13.8 Å². The molecule has 1 rings (SSSR count). The van der Waals surface area contributed by atoms with Crippen molar-refractivity contribution in [3.8, 4) is 0 Å². The van der Waals surface area contributed by atoms with Gasteiger partial charge in [-0.15, -0.1) is 0 Å². The van der Waals surface area contributed by atoms with Crippen LogP contribution in [0, 0.1) is 0 Å². The minimum atomic E-state index is -0.382. The van der Waals surface area contributed by atoms with Crippen molar-refractivity contribution in [2.45, 2.75) is 26.4 Å². The summed E-state index contributed by atoms with van der Waals surface area (Å²) in [6, 6.07) is -0.382. The molecule has 1 aromatic rings. The highest BCUT2D eigenvalue weighted by Crippen LogP contribution is 2.05. The summed E-state index contributed by atoms with van der Waals surface area (Å²) in [6.45, 7) is 4.56. The Morgan fingerprint density at radius 2 is 2.50 bits per heavy atom. The van der Waals surface area contributed by atoms with E-state index in [9.17, 15) is 4.79 Å². The average molecular weight is 197 g/mol. The number of anilines is 1. The first-order valence-corrected chi connectivity index (χ1v) is 4.54. The van der Waals surface area contributed by atoms with Crippen molar-refractivity contribution in [3.63, 3.8) is 0 Å². The summed E-state index contributed by atoms with van der Waals surface area (Å²) < 4.78 is 6.51. The molecule has 0 saturated heterocycles. The van der Waals surface area contributed by atoms with Gasteiger partial charge in [0.1, 0.15) is 6.04 Å². The van der Waals surface area contributed by atoms with Gasteiger partial charge in [-0.2, -0.15) is 0 Å². The van der Waals surface area contributed by atoms with Crippen LogP contribution in [0.15, 0.2) is 12.4 Å². The van der Waals surface area contributed by atoms with Crippen LogP contribution in [-0.2, 0) is 16.1 Å². The molecule has 5 heteroatoms. The van der Waals surface area contributed by atoms with Gasteiger partial charge in [0.25, 0.3) is 0 Å². The van der Waals surface area contributed by atoms with E-state index in [0.717, 1.165) is 6.54 Å². The molecule has 0 aliphatic heterocycles. The molecule has 0 fully saturated rings. The smallest absolute Gasteiger partial charge is 0.328 e. The molecule has 0 spiro atoms. The number of nitrogens with zero attached hydrogens (tertiary/aromatic N) is 2. The van der Waals surface area contributed by atoms with E-state index in [4.69, 9.17) is 0 Å². The Morgan fingerprint density at radius 1 is 1.79 bits per heavy atom. The maximum Gasteiger partial charge on any atom is 0.328 e. The highest BCUT2D eigenvalue weighted by atomic mass is 16.5. The van der Waals surface area contributed by atoms with Crippen LogP contribution in [0.2, 0.25) is 0 Å².